The lowest BCUT2D eigenvalue weighted by Gasteiger charge is -2.07. The molecule has 22 heavy (non-hydrogen) atoms. The van der Waals surface area contributed by atoms with E-state index >= 15 is 0 Å². The predicted molar refractivity (Wildman–Crippen MR) is 86.5 cm³/mol. The number of carbonyl (C=O) groups excluding carboxylic acids is 1. The zero-order valence-electron chi connectivity index (χ0n) is 12.5. The summed E-state index contributed by atoms with van der Waals surface area (Å²) in [7, 11) is -2.15. The minimum absolute atomic E-state index is 0.124. The highest BCUT2D eigenvalue weighted by Crippen LogP contribution is 2.14. The van der Waals surface area contributed by atoms with Gasteiger partial charge in [0, 0.05) is 11.3 Å². The van der Waals surface area contributed by atoms with Crippen LogP contribution < -0.4 is 10.0 Å². The molecule has 5 nitrogen and oxygen atoms in total. The van der Waals surface area contributed by atoms with E-state index in [4.69, 9.17) is 0 Å². The molecule has 0 spiro atoms. The molecule has 0 heterocycles. The van der Waals surface area contributed by atoms with E-state index in [1.54, 1.807) is 0 Å². The summed E-state index contributed by atoms with van der Waals surface area (Å²) in [5.41, 5.74) is 2.29. The van der Waals surface area contributed by atoms with Crippen LogP contribution in [0.2, 0.25) is 0 Å². The molecule has 2 rings (SSSR count). The van der Waals surface area contributed by atoms with Crippen molar-refractivity contribution < 1.29 is 13.2 Å². The summed E-state index contributed by atoms with van der Waals surface area (Å²) in [4.78, 5) is 12.2. The second kappa shape index (κ2) is 6.72. The Morgan fingerprint density at radius 3 is 2.09 bits per heavy atom. The first-order valence-electron chi connectivity index (χ1n) is 6.90. The van der Waals surface area contributed by atoms with Gasteiger partial charge in [0.25, 0.3) is 5.91 Å². The number of aryl methyl sites for hydroxylation is 1. The molecule has 0 fully saturated rings. The van der Waals surface area contributed by atoms with Crippen molar-refractivity contribution in [2.45, 2.75) is 18.2 Å². The maximum Gasteiger partial charge on any atom is 0.255 e. The van der Waals surface area contributed by atoms with E-state index in [0.29, 0.717) is 11.3 Å². The number of carbonyl (C=O) groups is 1. The summed E-state index contributed by atoms with van der Waals surface area (Å²) in [5, 5.41) is 2.78. The lowest BCUT2D eigenvalue weighted by Crippen LogP contribution is -2.19. The number of anilines is 1. The van der Waals surface area contributed by atoms with Gasteiger partial charge in [0.1, 0.15) is 0 Å². The molecule has 0 unspecified atom stereocenters. The number of hydrogen-bond acceptors (Lipinski definition) is 3. The first-order valence-corrected chi connectivity index (χ1v) is 8.38. The van der Waals surface area contributed by atoms with Crippen molar-refractivity contribution in [2.75, 3.05) is 12.4 Å². The standard InChI is InChI=1S/C16H18N2O3S/c1-3-12-4-8-14(9-5-12)18-16(19)13-6-10-15(11-7-13)22(20,21)17-2/h4-11,17H,3H2,1-2H3,(H,18,19). The molecule has 0 radical (unpaired) electrons. The molecule has 0 aliphatic heterocycles. The highest BCUT2D eigenvalue weighted by molar-refractivity contribution is 7.89. The third-order valence-electron chi connectivity index (χ3n) is 3.32. The molecule has 116 valence electrons. The summed E-state index contributed by atoms with van der Waals surface area (Å²) in [6.07, 6.45) is 0.940. The Balaban J connectivity index is 2.12. The van der Waals surface area contributed by atoms with E-state index in [1.165, 1.54) is 36.9 Å². The van der Waals surface area contributed by atoms with Crippen LogP contribution in [-0.2, 0) is 16.4 Å². The van der Waals surface area contributed by atoms with Crippen LogP contribution >= 0.6 is 0 Å². The molecule has 2 N–H and O–H groups in total. The minimum Gasteiger partial charge on any atom is -0.322 e. The number of amides is 1. The van der Waals surface area contributed by atoms with Crippen LogP contribution in [0.4, 0.5) is 5.69 Å². The molecule has 0 aromatic heterocycles. The first kappa shape index (κ1) is 16.2. The van der Waals surface area contributed by atoms with E-state index < -0.39 is 10.0 Å². The fourth-order valence-corrected chi connectivity index (χ4v) is 2.66. The first-order chi connectivity index (χ1) is 10.5. The third-order valence-corrected chi connectivity index (χ3v) is 4.75. The molecule has 0 aliphatic carbocycles. The topological polar surface area (TPSA) is 75.3 Å². The van der Waals surface area contributed by atoms with Crippen molar-refractivity contribution in [2.24, 2.45) is 0 Å². The van der Waals surface area contributed by atoms with E-state index in [1.807, 2.05) is 24.3 Å². The highest BCUT2D eigenvalue weighted by Gasteiger charge is 2.12. The van der Waals surface area contributed by atoms with Crippen molar-refractivity contribution in [3.63, 3.8) is 0 Å². The van der Waals surface area contributed by atoms with E-state index in [-0.39, 0.29) is 10.8 Å². The number of hydrogen-bond donors (Lipinski definition) is 2. The van der Waals surface area contributed by atoms with Crippen LogP contribution in [-0.4, -0.2) is 21.4 Å². The quantitative estimate of drug-likeness (QED) is 0.889. The van der Waals surface area contributed by atoms with Crippen LogP contribution in [0.15, 0.2) is 53.4 Å². The molecule has 2 aromatic carbocycles. The van der Waals surface area contributed by atoms with Gasteiger partial charge in [-0.2, -0.15) is 0 Å². The molecule has 6 heteroatoms. The zero-order chi connectivity index (χ0) is 16.2. The smallest absolute Gasteiger partial charge is 0.255 e. The van der Waals surface area contributed by atoms with Gasteiger partial charge in [-0.3, -0.25) is 4.79 Å². The fourth-order valence-electron chi connectivity index (χ4n) is 1.93. The Morgan fingerprint density at radius 2 is 1.59 bits per heavy atom. The highest BCUT2D eigenvalue weighted by atomic mass is 32.2. The summed E-state index contributed by atoms with van der Waals surface area (Å²) >= 11 is 0. The van der Waals surface area contributed by atoms with Crippen LogP contribution in [0.1, 0.15) is 22.8 Å². The van der Waals surface area contributed by atoms with Crippen LogP contribution in [0.25, 0.3) is 0 Å². The van der Waals surface area contributed by atoms with Gasteiger partial charge < -0.3 is 5.32 Å². The SMILES string of the molecule is CCc1ccc(NC(=O)c2ccc(S(=O)(=O)NC)cc2)cc1. The summed E-state index contributed by atoms with van der Waals surface area (Å²) in [5.74, 6) is -0.280. The van der Waals surface area contributed by atoms with Gasteiger partial charge in [0.05, 0.1) is 4.90 Å². The average molecular weight is 318 g/mol. The van der Waals surface area contributed by atoms with E-state index in [0.717, 1.165) is 6.42 Å². The Hall–Kier alpha value is -2.18. The van der Waals surface area contributed by atoms with Crippen molar-refractivity contribution in [1.82, 2.24) is 4.72 Å². The van der Waals surface area contributed by atoms with Crippen molar-refractivity contribution in [3.05, 3.63) is 59.7 Å². The predicted octanol–water partition coefficient (Wildman–Crippen LogP) is 2.41. The van der Waals surface area contributed by atoms with Gasteiger partial charge in [-0.15, -0.1) is 0 Å². The summed E-state index contributed by atoms with van der Waals surface area (Å²) in [6.45, 7) is 2.06. The number of sulfonamides is 1. The molecular formula is C16H18N2O3S. The Labute approximate surface area is 130 Å². The maximum absolute atomic E-state index is 12.1. The van der Waals surface area contributed by atoms with Crippen LogP contribution in [0.3, 0.4) is 0 Å². The molecule has 0 aliphatic rings. The van der Waals surface area contributed by atoms with E-state index in [9.17, 15) is 13.2 Å². The van der Waals surface area contributed by atoms with Gasteiger partial charge in [-0.05, 0) is 55.4 Å². The molecular weight excluding hydrogens is 300 g/mol. The van der Waals surface area contributed by atoms with Crippen molar-refractivity contribution >= 4 is 21.6 Å². The van der Waals surface area contributed by atoms with Crippen LogP contribution in [0.5, 0.6) is 0 Å². The lowest BCUT2D eigenvalue weighted by atomic mass is 10.1. The van der Waals surface area contributed by atoms with Crippen molar-refractivity contribution in [1.29, 1.82) is 0 Å². The summed E-state index contributed by atoms with van der Waals surface area (Å²) in [6, 6.07) is 13.4. The average Bonchev–Trinajstić information content (AvgIpc) is 2.55. The normalized spacial score (nSPS) is 11.2. The summed E-state index contributed by atoms with van der Waals surface area (Å²) < 4.78 is 25.5. The minimum atomic E-state index is -3.49. The number of nitrogens with one attached hydrogen (secondary N) is 2. The lowest BCUT2D eigenvalue weighted by molar-refractivity contribution is 0.102. The molecule has 0 saturated carbocycles. The Bertz CT molecular complexity index is 751. The molecule has 0 bridgehead atoms. The van der Waals surface area contributed by atoms with Gasteiger partial charge >= 0.3 is 0 Å². The van der Waals surface area contributed by atoms with Gasteiger partial charge in [0.2, 0.25) is 10.0 Å². The Kier molecular flexibility index (Phi) is 4.95. The number of benzene rings is 2. The molecule has 2 aromatic rings. The Morgan fingerprint density at radius 1 is 1.00 bits per heavy atom. The third kappa shape index (κ3) is 3.72. The number of rotatable bonds is 5. The van der Waals surface area contributed by atoms with Crippen LogP contribution in [0, 0.1) is 0 Å². The fraction of sp³-hybridized carbons (Fsp3) is 0.188. The second-order valence-corrected chi connectivity index (χ2v) is 6.62. The second-order valence-electron chi connectivity index (χ2n) is 4.74. The molecule has 0 atom stereocenters. The maximum atomic E-state index is 12.1. The largest absolute Gasteiger partial charge is 0.322 e. The van der Waals surface area contributed by atoms with Gasteiger partial charge in [-0.25, -0.2) is 13.1 Å². The van der Waals surface area contributed by atoms with E-state index in [2.05, 4.69) is 17.0 Å². The van der Waals surface area contributed by atoms with Gasteiger partial charge in [0.15, 0.2) is 0 Å². The molecule has 1 amide bonds. The monoisotopic (exact) mass is 318 g/mol. The zero-order valence-corrected chi connectivity index (χ0v) is 13.3. The van der Waals surface area contributed by atoms with Crippen molar-refractivity contribution in [3.8, 4) is 0 Å². The van der Waals surface area contributed by atoms with Gasteiger partial charge in [-0.1, -0.05) is 19.1 Å². The molecule has 0 saturated heterocycles.